The molecule has 0 amide bonds. The van der Waals surface area contributed by atoms with Crippen molar-refractivity contribution in [1.82, 2.24) is 0 Å². The molecule has 0 saturated carbocycles. The van der Waals surface area contributed by atoms with Gasteiger partial charge in [-0.15, -0.1) is 0 Å². The minimum atomic E-state index is 0.573. The van der Waals surface area contributed by atoms with Crippen LogP contribution >= 0.6 is 0 Å². The van der Waals surface area contributed by atoms with Crippen LogP contribution in [0.4, 0.5) is 34.1 Å². The van der Waals surface area contributed by atoms with Gasteiger partial charge in [-0.25, -0.2) is 0 Å². The Morgan fingerprint density at radius 1 is 0.385 bits per heavy atom. The van der Waals surface area contributed by atoms with Gasteiger partial charge in [0, 0.05) is 11.1 Å². The summed E-state index contributed by atoms with van der Waals surface area (Å²) in [6, 6.07) is 52.9. The van der Waals surface area contributed by atoms with Crippen molar-refractivity contribution in [1.29, 1.82) is 10.5 Å². The van der Waals surface area contributed by atoms with Crippen LogP contribution in [0.15, 0.2) is 146 Å². The van der Waals surface area contributed by atoms with Crippen molar-refractivity contribution in [2.45, 2.75) is 13.8 Å². The van der Waals surface area contributed by atoms with E-state index in [1.54, 1.807) is 0 Å². The smallest absolute Gasteiger partial charge is 0.151 e. The number of hydrogen-bond acceptors (Lipinski definition) is 6. The second-order valence-electron chi connectivity index (χ2n) is 12.9. The van der Waals surface area contributed by atoms with Crippen LogP contribution in [0.25, 0.3) is 22.3 Å². The third kappa shape index (κ3) is 4.94. The van der Waals surface area contributed by atoms with Gasteiger partial charge in [-0.05, 0) is 121 Å². The highest BCUT2D eigenvalue weighted by atomic mass is 16.5. The van der Waals surface area contributed by atoms with E-state index in [0.717, 1.165) is 90.5 Å². The van der Waals surface area contributed by atoms with Crippen molar-refractivity contribution in [3.8, 4) is 57.4 Å². The maximum Gasteiger partial charge on any atom is 0.151 e. The Bertz CT molecular complexity index is 2390. The summed E-state index contributed by atoms with van der Waals surface area (Å²) >= 11 is 0. The second-order valence-corrected chi connectivity index (χ2v) is 12.9. The fourth-order valence-corrected chi connectivity index (χ4v) is 7.36. The standard InChI is InChI=1S/C46H30N4O2/c1-29-23-34(36-26-32(28-48)20-22-38(36)50-41-13-5-9-17-45(41)52-46-18-10-6-14-42(46)50)30(2)24-33(29)35-25-31(27-47)19-21-37(35)49-39-11-3-7-15-43(39)51-44-16-8-4-12-40(44)49/h3-26H,1-2H3. The molecule has 7 aromatic carbocycles. The third-order valence-corrected chi connectivity index (χ3v) is 9.75. The molecule has 2 aliphatic heterocycles. The van der Waals surface area contributed by atoms with Crippen LogP contribution in [0.1, 0.15) is 22.3 Å². The molecule has 52 heavy (non-hydrogen) atoms. The average Bonchev–Trinajstić information content (AvgIpc) is 3.19. The highest BCUT2D eigenvalue weighted by Gasteiger charge is 2.30. The summed E-state index contributed by atoms with van der Waals surface area (Å²) in [6.07, 6.45) is 0. The summed E-state index contributed by atoms with van der Waals surface area (Å²) in [5.74, 6) is 3.04. The van der Waals surface area contributed by atoms with Crippen LogP contribution in [0.2, 0.25) is 0 Å². The predicted octanol–water partition coefficient (Wildman–Crippen LogP) is 12.5. The molecule has 2 heterocycles. The molecule has 246 valence electrons. The number of fused-ring (bicyclic) bond motifs is 4. The first-order valence-electron chi connectivity index (χ1n) is 17.0. The molecule has 9 rings (SSSR count). The summed E-state index contributed by atoms with van der Waals surface area (Å²) < 4.78 is 12.6. The summed E-state index contributed by atoms with van der Waals surface area (Å²) in [5, 5.41) is 20.1. The fourth-order valence-electron chi connectivity index (χ4n) is 7.36. The van der Waals surface area contributed by atoms with E-state index in [1.807, 2.05) is 109 Å². The van der Waals surface area contributed by atoms with Gasteiger partial charge in [-0.2, -0.15) is 10.5 Å². The summed E-state index contributed by atoms with van der Waals surface area (Å²) in [4.78, 5) is 4.43. The normalized spacial score (nSPS) is 12.2. The third-order valence-electron chi connectivity index (χ3n) is 9.75. The highest BCUT2D eigenvalue weighted by Crippen LogP contribution is 2.54. The Labute approximate surface area is 302 Å². The molecule has 0 N–H and O–H groups in total. The zero-order chi connectivity index (χ0) is 35.3. The van der Waals surface area contributed by atoms with Crippen molar-refractivity contribution in [3.63, 3.8) is 0 Å². The summed E-state index contributed by atoms with van der Waals surface area (Å²) in [5.41, 5.74) is 12.6. The minimum absolute atomic E-state index is 0.573. The molecule has 0 unspecified atom stereocenters. The van der Waals surface area contributed by atoms with E-state index in [2.05, 4.69) is 72.2 Å². The van der Waals surface area contributed by atoms with Crippen LogP contribution in [0.3, 0.4) is 0 Å². The first-order valence-corrected chi connectivity index (χ1v) is 17.0. The van der Waals surface area contributed by atoms with E-state index in [1.165, 1.54) is 0 Å². The van der Waals surface area contributed by atoms with E-state index in [-0.39, 0.29) is 0 Å². The molecule has 0 aliphatic carbocycles. The van der Waals surface area contributed by atoms with Crippen LogP contribution < -0.4 is 19.3 Å². The van der Waals surface area contributed by atoms with Crippen LogP contribution in [0.5, 0.6) is 23.0 Å². The molecular formula is C46H30N4O2. The summed E-state index contributed by atoms with van der Waals surface area (Å²) in [6.45, 7) is 4.21. The number of para-hydroxylation sites is 8. The molecule has 6 heteroatoms. The van der Waals surface area contributed by atoms with Crippen molar-refractivity contribution >= 4 is 34.1 Å². The number of nitriles is 2. The molecule has 0 radical (unpaired) electrons. The Balaban J connectivity index is 1.24. The van der Waals surface area contributed by atoms with Gasteiger partial charge in [0.2, 0.25) is 0 Å². The van der Waals surface area contributed by atoms with Gasteiger partial charge in [0.05, 0.1) is 57.4 Å². The number of hydrogen-bond donors (Lipinski definition) is 0. The van der Waals surface area contributed by atoms with E-state index in [4.69, 9.17) is 9.47 Å². The van der Waals surface area contributed by atoms with Crippen molar-refractivity contribution < 1.29 is 9.47 Å². The molecule has 0 aromatic heterocycles. The molecule has 0 spiro atoms. The number of benzene rings is 7. The molecule has 2 aliphatic rings. The van der Waals surface area contributed by atoms with Crippen molar-refractivity contribution in [2.75, 3.05) is 9.80 Å². The highest BCUT2D eigenvalue weighted by molar-refractivity contribution is 5.97. The van der Waals surface area contributed by atoms with Crippen molar-refractivity contribution in [2.24, 2.45) is 0 Å². The number of aryl methyl sites for hydroxylation is 2. The molecule has 0 atom stereocenters. The molecule has 6 nitrogen and oxygen atoms in total. The maximum atomic E-state index is 10.1. The van der Waals surface area contributed by atoms with Gasteiger partial charge in [0.1, 0.15) is 0 Å². The maximum absolute atomic E-state index is 10.1. The van der Waals surface area contributed by atoms with Gasteiger partial charge in [0.15, 0.2) is 23.0 Å². The number of ether oxygens (including phenoxy) is 2. The molecule has 7 aromatic rings. The molecule has 0 bridgehead atoms. The van der Waals surface area contributed by atoms with E-state index >= 15 is 0 Å². The Hall–Kier alpha value is -7.28. The largest absolute Gasteiger partial charge is 0.453 e. The van der Waals surface area contributed by atoms with Crippen LogP contribution in [-0.2, 0) is 0 Å². The van der Waals surface area contributed by atoms with Crippen molar-refractivity contribution in [3.05, 3.63) is 168 Å². The molecular weight excluding hydrogens is 641 g/mol. The first kappa shape index (κ1) is 30.8. The van der Waals surface area contributed by atoms with E-state index < -0.39 is 0 Å². The lowest BCUT2D eigenvalue weighted by Gasteiger charge is -2.34. The van der Waals surface area contributed by atoms with Gasteiger partial charge in [0.25, 0.3) is 0 Å². The van der Waals surface area contributed by atoms with Gasteiger partial charge in [-0.3, -0.25) is 0 Å². The average molecular weight is 671 g/mol. The SMILES string of the molecule is Cc1cc(-c2cc(C#N)ccc2N2c3ccccc3Oc3ccccc32)c(C)cc1-c1cc(C#N)ccc1N1c2ccccc2Oc2ccccc21. The van der Waals surface area contributed by atoms with Crippen LogP contribution in [0, 0.1) is 36.5 Å². The van der Waals surface area contributed by atoms with Gasteiger partial charge in [-0.1, -0.05) is 60.7 Å². The molecule has 0 fully saturated rings. The molecule has 0 saturated heterocycles. The minimum Gasteiger partial charge on any atom is -0.453 e. The zero-order valence-corrected chi connectivity index (χ0v) is 28.5. The predicted molar refractivity (Wildman–Crippen MR) is 206 cm³/mol. The fraction of sp³-hybridized carbons (Fsp3) is 0.0435. The van der Waals surface area contributed by atoms with Gasteiger partial charge < -0.3 is 19.3 Å². The Kier molecular flexibility index (Phi) is 7.24. The summed E-state index contributed by atoms with van der Waals surface area (Å²) in [7, 11) is 0. The lowest BCUT2D eigenvalue weighted by Crippen LogP contribution is -2.17. The lowest BCUT2D eigenvalue weighted by molar-refractivity contribution is 0.477. The Morgan fingerprint density at radius 3 is 1.04 bits per heavy atom. The lowest BCUT2D eigenvalue weighted by atomic mass is 9.88. The van der Waals surface area contributed by atoms with Crippen LogP contribution in [-0.4, -0.2) is 0 Å². The quantitative estimate of drug-likeness (QED) is 0.186. The number of rotatable bonds is 4. The second kappa shape index (κ2) is 12.2. The first-order chi connectivity index (χ1) is 25.5. The number of nitrogens with zero attached hydrogens (tertiary/aromatic N) is 4. The zero-order valence-electron chi connectivity index (χ0n) is 28.5. The van der Waals surface area contributed by atoms with E-state index in [9.17, 15) is 10.5 Å². The van der Waals surface area contributed by atoms with E-state index in [0.29, 0.717) is 11.1 Å². The number of anilines is 6. The topological polar surface area (TPSA) is 72.5 Å². The van der Waals surface area contributed by atoms with Gasteiger partial charge >= 0.3 is 0 Å². The Morgan fingerprint density at radius 2 is 0.712 bits per heavy atom. The monoisotopic (exact) mass is 670 g/mol.